The topological polar surface area (TPSA) is 91.2 Å². The van der Waals surface area contributed by atoms with Crippen LogP contribution in [0, 0.1) is 11.3 Å². The third-order valence-corrected chi connectivity index (χ3v) is 5.53. The lowest BCUT2D eigenvalue weighted by atomic mass is 10.0. The Morgan fingerprint density at radius 1 is 0.914 bits per heavy atom. The maximum absolute atomic E-state index is 12.8. The fourth-order valence-electron chi connectivity index (χ4n) is 3.58. The molecule has 0 aliphatic heterocycles. The van der Waals surface area contributed by atoms with Crippen molar-refractivity contribution in [2.24, 2.45) is 0 Å². The van der Waals surface area contributed by atoms with E-state index in [-0.39, 0.29) is 5.91 Å². The van der Waals surface area contributed by atoms with Gasteiger partial charge in [0.15, 0.2) is 12.0 Å². The number of hydrogen-bond acceptors (Lipinski definition) is 5. The van der Waals surface area contributed by atoms with Crippen molar-refractivity contribution in [2.75, 3.05) is 12.4 Å². The second-order valence-electron chi connectivity index (χ2n) is 7.79. The molecule has 6 heteroatoms. The second kappa shape index (κ2) is 10.8. The van der Waals surface area contributed by atoms with Crippen LogP contribution in [0.4, 0.5) is 5.69 Å². The first kappa shape index (κ1) is 23.3. The number of amides is 1. The summed E-state index contributed by atoms with van der Waals surface area (Å²) in [6, 6.07) is 29.5. The normalized spacial score (nSPS) is 10.2. The van der Waals surface area contributed by atoms with E-state index in [0.29, 0.717) is 40.4 Å². The number of nitrogens with one attached hydrogen (secondary N) is 2. The Hall–Kier alpha value is -4.89. The maximum Gasteiger partial charge on any atom is 0.251 e. The van der Waals surface area contributed by atoms with E-state index in [1.165, 1.54) is 0 Å². The molecule has 0 unspecified atom stereocenters. The van der Waals surface area contributed by atoms with Gasteiger partial charge in [-0.15, -0.1) is 0 Å². The molecule has 0 aliphatic carbocycles. The molecule has 0 heterocycles. The molecule has 4 aromatic rings. The van der Waals surface area contributed by atoms with E-state index in [0.717, 1.165) is 23.0 Å². The zero-order valence-corrected chi connectivity index (χ0v) is 19.1. The van der Waals surface area contributed by atoms with Gasteiger partial charge in [0.25, 0.3) is 5.91 Å². The van der Waals surface area contributed by atoms with Gasteiger partial charge in [0, 0.05) is 19.2 Å². The predicted octanol–water partition coefficient (Wildman–Crippen LogP) is 5.80. The van der Waals surface area contributed by atoms with Crippen molar-refractivity contribution < 1.29 is 14.3 Å². The number of para-hydroxylation sites is 1. The first-order valence-electron chi connectivity index (χ1n) is 11.0. The fraction of sp³-hybridized carbons (Fsp3) is 0.0690. The van der Waals surface area contributed by atoms with Gasteiger partial charge >= 0.3 is 0 Å². The van der Waals surface area contributed by atoms with Gasteiger partial charge < -0.3 is 15.4 Å². The monoisotopic (exact) mass is 461 g/mol. The van der Waals surface area contributed by atoms with Gasteiger partial charge in [-0.2, -0.15) is 5.26 Å². The number of benzene rings is 4. The second-order valence-corrected chi connectivity index (χ2v) is 7.79. The van der Waals surface area contributed by atoms with Crippen molar-refractivity contribution in [3.63, 3.8) is 0 Å². The zero-order chi connectivity index (χ0) is 24.6. The molecule has 0 saturated carbocycles. The lowest BCUT2D eigenvalue weighted by Crippen LogP contribution is -2.22. The Balaban J connectivity index is 1.41. The standard InChI is InChI=1S/C29H23N3O3/c1-31-26-16-24(14-15-28(26)35-27-5-3-2-4-25(27)19-33)29(34)32-18-21-8-12-23(13-9-21)22-10-6-20(17-30)7-11-22/h2-16,19,31H,18H2,1H3,(H,32,34). The van der Waals surface area contributed by atoms with E-state index in [9.17, 15) is 9.59 Å². The summed E-state index contributed by atoms with van der Waals surface area (Å²) in [5, 5.41) is 14.9. The third kappa shape index (κ3) is 5.55. The van der Waals surface area contributed by atoms with Gasteiger partial charge in [0.05, 0.1) is 22.9 Å². The molecule has 6 nitrogen and oxygen atoms in total. The van der Waals surface area contributed by atoms with E-state index < -0.39 is 0 Å². The summed E-state index contributed by atoms with van der Waals surface area (Å²) >= 11 is 0. The van der Waals surface area contributed by atoms with Gasteiger partial charge in [-0.05, 0) is 59.2 Å². The minimum Gasteiger partial charge on any atom is -0.454 e. The van der Waals surface area contributed by atoms with Gasteiger partial charge in [-0.25, -0.2) is 0 Å². The Bertz CT molecular complexity index is 1390. The molecule has 0 spiro atoms. The molecule has 0 bridgehead atoms. The highest BCUT2D eigenvalue weighted by atomic mass is 16.5. The molecular formula is C29H23N3O3. The molecule has 172 valence electrons. The molecule has 0 aliphatic rings. The molecule has 0 fully saturated rings. The van der Waals surface area contributed by atoms with Gasteiger partial charge in [0.1, 0.15) is 5.75 Å². The lowest BCUT2D eigenvalue weighted by Gasteiger charge is -2.14. The molecule has 4 aromatic carbocycles. The van der Waals surface area contributed by atoms with E-state index in [1.807, 2.05) is 36.4 Å². The van der Waals surface area contributed by atoms with Crippen molar-refractivity contribution in [3.8, 4) is 28.7 Å². The van der Waals surface area contributed by atoms with E-state index >= 15 is 0 Å². The highest BCUT2D eigenvalue weighted by molar-refractivity contribution is 5.95. The highest BCUT2D eigenvalue weighted by Crippen LogP contribution is 2.31. The van der Waals surface area contributed by atoms with Crippen LogP contribution in [0.3, 0.4) is 0 Å². The Morgan fingerprint density at radius 2 is 1.60 bits per heavy atom. The molecule has 35 heavy (non-hydrogen) atoms. The molecule has 0 saturated heterocycles. The summed E-state index contributed by atoms with van der Waals surface area (Å²) in [5.41, 5.74) is 5.22. The third-order valence-electron chi connectivity index (χ3n) is 5.53. The minimum atomic E-state index is -0.211. The van der Waals surface area contributed by atoms with E-state index in [4.69, 9.17) is 10.00 Å². The summed E-state index contributed by atoms with van der Waals surface area (Å²) in [7, 11) is 1.74. The van der Waals surface area contributed by atoms with E-state index in [1.54, 1.807) is 61.6 Å². The SMILES string of the molecule is CNc1cc(C(=O)NCc2ccc(-c3ccc(C#N)cc3)cc2)ccc1Oc1ccccc1C=O. The van der Waals surface area contributed by atoms with Crippen LogP contribution in [-0.4, -0.2) is 19.2 Å². The van der Waals surface area contributed by atoms with Crippen LogP contribution in [0.15, 0.2) is 91.0 Å². The summed E-state index contributed by atoms with van der Waals surface area (Å²) in [6.45, 7) is 0.381. The lowest BCUT2D eigenvalue weighted by molar-refractivity contribution is 0.0950. The molecular weight excluding hydrogens is 438 g/mol. The molecule has 2 N–H and O–H groups in total. The highest BCUT2D eigenvalue weighted by Gasteiger charge is 2.12. The number of carbonyl (C=O) groups is 2. The van der Waals surface area contributed by atoms with Crippen LogP contribution in [0.2, 0.25) is 0 Å². The predicted molar refractivity (Wildman–Crippen MR) is 136 cm³/mol. The van der Waals surface area contributed by atoms with Crippen LogP contribution < -0.4 is 15.4 Å². The summed E-state index contributed by atoms with van der Waals surface area (Å²) in [4.78, 5) is 24.0. The number of carbonyl (C=O) groups excluding carboxylic acids is 2. The molecule has 0 radical (unpaired) electrons. The quantitative estimate of drug-likeness (QED) is 0.324. The molecule has 4 rings (SSSR count). The summed E-state index contributed by atoms with van der Waals surface area (Å²) in [6.07, 6.45) is 0.743. The zero-order valence-electron chi connectivity index (χ0n) is 19.1. The number of ether oxygens (including phenoxy) is 1. The molecule has 1 amide bonds. The Labute approximate surface area is 203 Å². The average Bonchev–Trinajstić information content (AvgIpc) is 2.92. The van der Waals surface area contributed by atoms with Gasteiger partial charge in [0.2, 0.25) is 0 Å². The maximum atomic E-state index is 12.8. The van der Waals surface area contributed by atoms with Crippen molar-refractivity contribution in [1.82, 2.24) is 5.32 Å². The van der Waals surface area contributed by atoms with Crippen molar-refractivity contribution >= 4 is 17.9 Å². The van der Waals surface area contributed by atoms with Gasteiger partial charge in [-0.1, -0.05) is 48.5 Å². The largest absolute Gasteiger partial charge is 0.454 e. The van der Waals surface area contributed by atoms with Crippen molar-refractivity contribution in [2.45, 2.75) is 6.54 Å². The van der Waals surface area contributed by atoms with Crippen LogP contribution in [0.25, 0.3) is 11.1 Å². The summed E-state index contributed by atoms with van der Waals surface area (Å²) in [5.74, 6) is 0.745. The number of nitriles is 1. The number of hydrogen-bond donors (Lipinski definition) is 2. The van der Waals surface area contributed by atoms with Crippen molar-refractivity contribution in [1.29, 1.82) is 5.26 Å². The Morgan fingerprint density at radius 3 is 2.26 bits per heavy atom. The smallest absolute Gasteiger partial charge is 0.251 e. The summed E-state index contributed by atoms with van der Waals surface area (Å²) < 4.78 is 5.91. The van der Waals surface area contributed by atoms with Crippen LogP contribution in [-0.2, 0) is 6.54 Å². The Kier molecular flexibility index (Phi) is 7.19. The van der Waals surface area contributed by atoms with Crippen molar-refractivity contribution in [3.05, 3.63) is 113 Å². The van der Waals surface area contributed by atoms with Gasteiger partial charge in [-0.3, -0.25) is 9.59 Å². The number of nitrogens with zero attached hydrogens (tertiary/aromatic N) is 1. The van der Waals surface area contributed by atoms with Crippen LogP contribution in [0.5, 0.6) is 11.5 Å². The van der Waals surface area contributed by atoms with E-state index in [2.05, 4.69) is 16.7 Å². The molecule has 0 aromatic heterocycles. The average molecular weight is 462 g/mol. The van der Waals surface area contributed by atoms with Crippen LogP contribution in [0.1, 0.15) is 31.8 Å². The molecule has 0 atom stereocenters. The number of anilines is 1. The fourth-order valence-corrected chi connectivity index (χ4v) is 3.58. The first-order chi connectivity index (χ1) is 17.1. The minimum absolute atomic E-state index is 0.211. The van der Waals surface area contributed by atoms with Crippen LogP contribution >= 0.6 is 0 Å². The number of rotatable bonds is 8. The first-order valence-corrected chi connectivity index (χ1v) is 11.0. The number of aldehydes is 1.